The summed E-state index contributed by atoms with van der Waals surface area (Å²) in [6.07, 6.45) is 0. The van der Waals surface area contributed by atoms with Crippen LogP contribution in [0, 0.1) is 11.6 Å². The second kappa shape index (κ2) is 5.25. The first-order valence-corrected chi connectivity index (χ1v) is 3.07. The largest absolute Gasteiger partial charge is 1.00 e. The van der Waals surface area contributed by atoms with Crippen LogP contribution >= 0.6 is 0 Å². The fraction of sp³-hybridized carbons (Fsp3) is 0. The van der Waals surface area contributed by atoms with E-state index < -0.39 is 19.0 Å². The topological polar surface area (TPSA) is 49.7 Å². The maximum atomic E-state index is 12.4. The van der Waals surface area contributed by atoms with Crippen LogP contribution in [0.2, 0.25) is 0 Å². The number of rotatable bonds is 2. The van der Waals surface area contributed by atoms with E-state index >= 15 is 0 Å². The van der Waals surface area contributed by atoms with Gasteiger partial charge in [0.15, 0.2) is 0 Å². The number of halogens is 2. The minimum atomic E-state index is -2.08. The molecule has 66 valence electrons. The summed E-state index contributed by atoms with van der Waals surface area (Å²) in [7, 11) is -2.08. The van der Waals surface area contributed by atoms with Gasteiger partial charge in [-0.25, -0.2) is 8.78 Å². The molecular weight excluding hydrogens is 176 g/mol. The van der Waals surface area contributed by atoms with Gasteiger partial charge in [0, 0.05) is 18.2 Å². The van der Waals surface area contributed by atoms with Crippen molar-refractivity contribution < 1.29 is 43.8 Å². The van der Waals surface area contributed by atoms with Crippen molar-refractivity contribution in [2.75, 3.05) is 0 Å². The molecule has 0 unspecified atom stereocenters. The van der Waals surface area contributed by atoms with Crippen LogP contribution < -0.4 is 23.5 Å². The van der Waals surface area contributed by atoms with Crippen LogP contribution in [0.25, 0.3) is 0 Å². The summed E-state index contributed by atoms with van der Waals surface area (Å²) in [5.74, 6) is -1.96. The van der Waals surface area contributed by atoms with Crippen molar-refractivity contribution in [3.8, 4) is 5.75 Å². The zero-order valence-electron chi connectivity index (χ0n) is 7.87. The quantitative estimate of drug-likeness (QED) is 0.494. The molecule has 0 spiro atoms. The summed E-state index contributed by atoms with van der Waals surface area (Å²) in [4.78, 5) is 0. The molecule has 3 nitrogen and oxygen atoms in total. The van der Waals surface area contributed by atoms with E-state index in [9.17, 15) is 8.78 Å². The molecule has 0 aliphatic carbocycles. The Morgan fingerprint density at radius 3 is 2.00 bits per heavy atom. The summed E-state index contributed by atoms with van der Waals surface area (Å²) in [6, 6.07) is 2.32. The summed E-state index contributed by atoms with van der Waals surface area (Å²) >= 11 is 0. The van der Waals surface area contributed by atoms with Crippen molar-refractivity contribution in [1.82, 2.24) is 0 Å². The Balaban J connectivity index is 0. The van der Waals surface area contributed by atoms with Crippen molar-refractivity contribution in [1.29, 1.82) is 0 Å². The summed E-state index contributed by atoms with van der Waals surface area (Å²) < 4.78 is 29.0. The monoisotopic (exact) mass is 182 g/mol. The second-order valence-electron chi connectivity index (χ2n) is 2.05. The van der Waals surface area contributed by atoms with Crippen LogP contribution in [-0.2, 0) is 0 Å². The molecule has 1 rings (SSSR count). The van der Waals surface area contributed by atoms with E-state index in [1.807, 2.05) is 0 Å². The van der Waals surface area contributed by atoms with Crippen molar-refractivity contribution in [3.05, 3.63) is 29.8 Å². The third-order valence-corrected chi connectivity index (χ3v) is 1.08. The normalized spacial score (nSPS) is 8.92. The summed E-state index contributed by atoms with van der Waals surface area (Å²) in [5, 5.41) is 16.6. The first-order chi connectivity index (χ1) is 5.58. The molecule has 0 saturated heterocycles. The van der Waals surface area contributed by atoms with Crippen molar-refractivity contribution in [2.24, 2.45) is 0 Å². The van der Waals surface area contributed by atoms with Crippen molar-refractivity contribution >= 4 is 7.32 Å². The molecule has 0 aliphatic rings. The summed E-state index contributed by atoms with van der Waals surface area (Å²) in [6.45, 7) is 0. The van der Waals surface area contributed by atoms with E-state index in [1.165, 1.54) is 0 Å². The fourth-order valence-electron chi connectivity index (χ4n) is 0.718. The molecule has 1 aromatic carbocycles. The summed E-state index contributed by atoms with van der Waals surface area (Å²) in [5.41, 5.74) is 0. The number of benzene rings is 1. The minimum Gasteiger partial charge on any atom is -1.00 e. The predicted octanol–water partition coefficient (Wildman–Crippen LogP) is -2.57. The molecule has 0 heterocycles. The van der Waals surface area contributed by atoms with Crippen LogP contribution in [-0.4, -0.2) is 17.4 Å². The van der Waals surface area contributed by atoms with Gasteiger partial charge in [0.05, 0.1) is 0 Å². The first kappa shape index (κ1) is 12.5. The molecule has 13 heavy (non-hydrogen) atoms. The van der Waals surface area contributed by atoms with Gasteiger partial charge in [0.25, 0.3) is 0 Å². The Morgan fingerprint density at radius 2 is 1.62 bits per heavy atom. The van der Waals surface area contributed by atoms with E-state index in [-0.39, 0.29) is 26.0 Å². The Kier molecular flexibility index (Phi) is 5.03. The molecule has 7 heteroatoms. The Morgan fingerprint density at radius 1 is 1.15 bits per heavy atom. The predicted molar refractivity (Wildman–Crippen MR) is 38.3 cm³/mol. The molecule has 1 aromatic rings. The van der Waals surface area contributed by atoms with Gasteiger partial charge in [-0.15, -0.1) is 0 Å². The third kappa shape index (κ3) is 4.29. The zero-order chi connectivity index (χ0) is 9.14. The average Bonchev–Trinajstić information content (AvgIpc) is 1.81. The van der Waals surface area contributed by atoms with Crippen LogP contribution in [0.5, 0.6) is 5.75 Å². The van der Waals surface area contributed by atoms with E-state index in [4.69, 9.17) is 10.0 Å². The molecule has 0 amide bonds. The number of hydrogen-bond acceptors (Lipinski definition) is 3. The minimum absolute atomic E-state index is 0. The fourth-order valence-corrected chi connectivity index (χ4v) is 0.718. The Bertz CT molecular complexity index is 270. The van der Waals surface area contributed by atoms with Crippen LogP contribution in [0.1, 0.15) is 1.43 Å². The average molecular weight is 182 g/mol. The first-order valence-electron chi connectivity index (χ1n) is 3.07. The molecule has 0 radical (unpaired) electrons. The van der Waals surface area contributed by atoms with E-state index in [2.05, 4.69) is 4.65 Å². The maximum absolute atomic E-state index is 12.4. The molecule has 0 aromatic heterocycles. The molecule has 2 N–H and O–H groups in total. The van der Waals surface area contributed by atoms with Gasteiger partial charge in [0.2, 0.25) is 0 Å². The SMILES string of the molecule is OB(O)Oc1cc(F)cc(F)c1.[H-].[Li+]. The Hall–Kier alpha value is -0.538. The van der Waals surface area contributed by atoms with E-state index in [0.717, 1.165) is 12.1 Å². The van der Waals surface area contributed by atoms with Gasteiger partial charge >= 0.3 is 26.2 Å². The van der Waals surface area contributed by atoms with E-state index in [1.54, 1.807) is 0 Å². The van der Waals surface area contributed by atoms with Crippen LogP contribution in [0.3, 0.4) is 0 Å². The molecule has 0 aliphatic heterocycles. The van der Waals surface area contributed by atoms with Gasteiger partial charge in [0.1, 0.15) is 17.4 Å². The van der Waals surface area contributed by atoms with Gasteiger partial charge in [-0.05, 0) is 0 Å². The van der Waals surface area contributed by atoms with Crippen LogP contribution in [0.4, 0.5) is 8.78 Å². The molecule has 0 fully saturated rings. The molecule has 0 bridgehead atoms. The second-order valence-corrected chi connectivity index (χ2v) is 2.05. The maximum Gasteiger partial charge on any atom is 1.00 e. The van der Waals surface area contributed by atoms with Gasteiger partial charge in [-0.2, -0.15) is 0 Å². The molecule has 0 saturated carbocycles. The molecule has 0 atom stereocenters. The third-order valence-electron chi connectivity index (χ3n) is 1.08. The molecular formula is C6H6BF2LiO3. The zero-order valence-corrected chi connectivity index (χ0v) is 6.87. The van der Waals surface area contributed by atoms with E-state index in [0.29, 0.717) is 6.07 Å². The Labute approximate surface area is 87.2 Å². The van der Waals surface area contributed by atoms with Crippen molar-refractivity contribution in [2.45, 2.75) is 0 Å². The van der Waals surface area contributed by atoms with Gasteiger partial charge in [-0.1, -0.05) is 0 Å². The van der Waals surface area contributed by atoms with Gasteiger partial charge < -0.3 is 16.1 Å². The number of hydrogen-bond donors (Lipinski definition) is 2. The smallest absolute Gasteiger partial charge is 1.00 e. The van der Waals surface area contributed by atoms with Crippen molar-refractivity contribution in [3.63, 3.8) is 0 Å². The standard InChI is InChI=1S/C6H5BF2O3.Li.H/c8-4-1-5(9)3-6(2-4)12-7(10)11;;/h1-3,10-11H;;/q;+1;-1. The van der Waals surface area contributed by atoms with Crippen LogP contribution in [0.15, 0.2) is 18.2 Å². The van der Waals surface area contributed by atoms with Gasteiger partial charge in [-0.3, -0.25) is 0 Å².